The van der Waals surface area contributed by atoms with Gasteiger partial charge in [-0.1, -0.05) is 18.6 Å². The maximum atomic E-state index is 12.1. The van der Waals surface area contributed by atoms with E-state index in [2.05, 4.69) is 6.92 Å². The molecule has 0 bridgehead atoms. The van der Waals surface area contributed by atoms with E-state index in [0.717, 1.165) is 6.42 Å². The molecule has 2 heteroatoms. The van der Waals surface area contributed by atoms with E-state index in [-0.39, 0.29) is 11.6 Å². The van der Waals surface area contributed by atoms with E-state index in [1.165, 1.54) is 5.57 Å². The second-order valence-electron chi connectivity index (χ2n) is 4.62. The predicted molar refractivity (Wildman–Crippen MR) is 69.8 cm³/mol. The summed E-state index contributed by atoms with van der Waals surface area (Å²) in [5, 5.41) is 0. The fourth-order valence-electron chi connectivity index (χ4n) is 1.82. The number of allylic oxidation sites excluding steroid dienone is 6. The molecule has 1 aliphatic carbocycles. The third-order valence-electron chi connectivity index (χ3n) is 3.52. The minimum atomic E-state index is 0.0136. The van der Waals surface area contributed by atoms with E-state index < -0.39 is 0 Å². The maximum Gasteiger partial charge on any atom is 0.185 e. The molecule has 92 valence electrons. The van der Waals surface area contributed by atoms with Crippen LogP contribution in [0.15, 0.2) is 33.9 Å². The molecule has 0 saturated heterocycles. The highest BCUT2D eigenvalue weighted by Crippen LogP contribution is 2.26. The van der Waals surface area contributed by atoms with E-state index in [4.69, 9.17) is 0 Å². The highest BCUT2D eigenvalue weighted by molar-refractivity contribution is 6.24. The minimum absolute atomic E-state index is 0.0136. The monoisotopic (exact) mass is 232 g/mol. The summed E-state index contributed by atoms with van der Waals surface area (Å²) in [6.45, 7) is 9.33. The highest BCUT2D eigenvalue weighted by atomic mass is 16.1. The van der Waals surface area contributed by atoms with Crippen LogP contribution in [0.2, 0.25) is 0 Å². The highest BCUT2D eigenvalue weighted by Gasteiger charge is 2.26. The van der Waals surface area contributed by atoms with Crippen LogP contribution in [0.3, 0.4) is 0 Å². The van der Waals surface area contributed by atoms with Crippen LogP contribution in [0.1, 0.15) is 47.5 Å². The van der Waals surface area contributed by atoms with E-state index in [0.29, 0.717) is 28.7 Å². The van der Waals surface area contributed by atoms with Crippen LogP contribution in [0.4, 0.5) is 0 Å². The van der Waals surface area contributed by atoms with Crippen molar-refractivity contribution in [2.45, 2.75) is 47.5 Å². The topological polar surface area (TPSA) is 34.1 Å². The molecule has 0 spiro atoms. The Bertz CT molecular complexity index is 459. The van der Waals surface area contributed by atoms with Crippen LogP contribution in [0.5, 0.6) is 0 Å². The second kappa shape index (κ2) is 5.26. The smallest absolute Gasteiger partial charge is 0.185 e. The Labute approximate surface area is 103 Å². The molecule has 0 radical (unpaired) electrons. The van der Waals surface area contributed by atoms with Crippen LogP contribution >= 0.6 is 0 Å². The Balaban J connectivity index is 3.08. The molecule has 0 heterocycles. The average molecular weight is 232 g/mol. The van der Waals surface area contributed by atoms with Crippen molar-refractivity contribution in [2.75, 3.05) is 0 Å². The zero-order chi connectivity index (χ0) is 13.2. The first-order chi connectivity index (χ1) is 7.90. The van der Waals surface area contributed by atoms with Gasteiger partial charge >= 0.3 is 0 Å². The third kappa shape index (κ3) is 2.63. The summed E-state index contributed by atoms with van der Waals surface area (Å²) in [5.74, 6) is 0.0411. The minimum Gasteiger partial charge on any atom is -0.289 e. The van der Waals surface area contributed by atoms with Crippen molar-refractivity contribution in [2.24, 2.45) is 0 Å². The first-order valence-corrected chi connectivity index (χ1v) is 6.02. The zero-order valence-corrected chi connectivity index (χ0v) is 11.3. The van der Waals surface area contributed by atoms with E-state index in [1.807, 2.05) is 13.0 Å². The fraction of sp³-hybridized carbons (Fsp3) is 0.467. The van der Waals surface area contributed by atoms with Crippen molar-refractivity contribution in [1.82, 2.24) is 0 Å². The lowest BCUT2D eigenvalue weighted by Gasteiger charge is -2.17. The Morgan fingerprint density at radius 2 is 1.53 bits per heavy atom. The quantitative estimate of drug-likeness (QED) is 0.551. The molecule has 0 aromatic rings. The molecule has 0 amide bonds. The van der Waals surface area contributed by atoms with E-state index in [1.54, 1.807) is 20.8 Å². The normalized spacial score (nSPS) is 18.3. The van der Waals surface area contributed by atoms with E-state index in [9.17, 15) is 9.59 Å². The molecule has 0 saturated carbocycles. The molecule has 0 aromatic carbocycles. The van der Waals surface area contributed by atoms with Crippen molar-refractivity contribution in [3.05, 3.63) is 33.9 Å². The molecular formula is C15H20O2. The van der Waals surface area contributed by atoms with Gasteiger partial charge in [0.15, 0.2) is 11.6 Å². The van der Waals surface area contributed by atoms with Crippen LogP contribution in [0.25, 0.3) is 0 Å². The molecule has 1 rings (SSSR count). The molecule has 0 aliphatic heterocycles. The Morgan fingerprint density at radius 1 is 1.00 bits per heavy atom. The molecule has 17 heavy (non-hydrogen) atoms. The number of carbonyl (C=O) groups excluding carboxylic acids is 2. The van der Waals surface area contributed by atoms with Gasteiger partial charge in [-0.25, -0.2) is 0 Å². The second-order valence-corrected chi connectivity index (χ2v) is 4.62. The van der Waals surface area contributed by atoms with Crippen molar-refractivity contribution >= 4 is 11.6 Å². The van der Waals surface area contributed by atoms with Gasteiger partial charge in [-0.15, -0.1) is 0 Å². The number of rotatable bonds is 3. The summed E-state index contributed by atoms with van der Waals surface area (Å²) < 4.78 is 0. The summed E-state index contributed by atoms with van der Waals surface area (Å²) in [7, 11) is 0. The molecule has 0 atom stereocenters. The van der Waals surface area contributed by atoms with Crippen molar-refractivity contribution in [3.63, 3.8) is 0 Å². The summed E-state index contributed by atoms with van der Waals surface area (Å²) in [4.78, 5) is 24.0. The number of Topliss-reactive ketones (excluding diaryl/α,β-unsaturated/α-hetero) is 2. The Hall–Kier alpha value is -1.44. The molecule has 0 aromatic heterocycles. The van der Waals surface area contributed by atoms with Gasteiger partial charge in [0.25, 0.3) is 0 Å². The molecule has 2 nitrogen and oxygen atoms in total. The van der Waals surface area contributed by atoms with Gasteiger partial charge in [0.2, 0.25) is 0 Å². The van der Waals surface area contributed by atoms with Crippen molar-refractivity contribution in [1.29, 1.82) is 0 Å². The summed E-state index contributed by atoms with van der Waals surface area (Å²) in [6.07, 6.45) is 3.58. The molecule has 0 N–H and O–H groups in total. The van der Waals surface area contributed by atoms with Crippen LogP contribution in [0, 0.1) is 0 Å². The maximum absolute atomic E-state index is 12.1. The number of ketones is 2. The summed E-state index contributed by atoms with van der Waals surface area (Å²) in [6, 6.07) is 0. The van der Waals surface area contributed by atoms with Crippen molar-refractivity contribution in [3.8, 4) is 0 Å². The predicted octanol–water partition coefficient (Wildman–Crippen LogP) is 3.54. The number of hydrogen-bond donors (Lipinski definition) is 0. The molecule has 0 fully saturated rings. The van der Waals surface area contributed by atoms with Gasteiger partial charge in [0.05, 0.1) is 0 Å². The molecule has 0 unspecified atom stereocenters. The van der Waals surface area contributed by atoms with Gasteiger partial charge in [-0.05, 0) is 40.5 Å². The van der Waals surface area contributed by atoms with Crippen molar-refractivity contribution < 1.29 is 9.59 Å². The first-order valence-electron chi connectivity index (χ1n) is 6.02. The van der Waals surface area contributed by atoms with Gasteiger partial charge in [-0.2, -0.15) is 0 Å². The van der Waals surface area contributed by atoms with Crippen LogP contribution in [-0.2, 0) is 9.59 Å². The lowest BCUT2D eigenvalue weighted by atomic mass is 9.84. The lowest BCUT2D eigenvalue weighted by molar-refractivity contribution is -0.116. The SMILES string of the molecule is CC/C(C)=C/CC1=C(C)C(=O)C(C)=C(C)C1=O. The fourth-order valence-corrected chi connectivity index (χ4v) is 1.82. The average Bonchev–Trinajstić information content (AvgIpc) is 2.33. The standard InChI is InChI=1S/C15H20O2/c1-6-9(2)7-8-13-12(5)14(16)10(3)11(4)15(13)17/h7H,6,8H2,1-5H3/b9-7+. The number of carbonyl (C=O) groups is 2. The van der Waals surface area contributed by atoms with Gasteiger partial charge in [0.1, 0.15) is 0 Å². The molecular weight excluding hydrogens is 212 g/mol. The Morgan fingerprint density at radius 3 is 2.06 bits per heavy atom. The van der Waals surface area contributed by atoms with Gasteiger partial charge in [-0.3, -0.25) is 9.59 Å². The molecule has 1 aliphatic rings. The number of hydrogen-bond acceptors (Lipinski definition) is 2. The third-order valence-corrected chi connectivity index (χ3v) is 3.52. The lowest BCUT2D eigenvalue weighted by Crippen LogP contribution is -2.20. The van der Waals surface area contributed by atoms with E-state index >= 15 is 0 Å². The van der Waals surface area contributed by atoms with Gasteiger partial charge < -0.3 is 0 Å². The van der Waals surface area contributed by atoms with Gasteiger partial charge in [0, 0.05) is 22.3 Å². The summed E-state index contributed by atoms with van der Waals surface area (Å²) >= 11 is 0. The summed E-state index contributed by atoms with van der Waals surface area (Å²) in [5.41, 5.74) is 3.70. The largest absolute Gasteiger partial charge is 0.289 e. The Kier molecular flexibility index (Phi) is 4.22. The van der Waals surface area contributed by atoms with Crippen LogP contribution < -0.4 is 0 Å². The zero-order valence-electron chi connectivity index (χ0n) is 11.3. The first kappa shape index (κ1) is 13.6. The van der Waals surface area contributed by atoms with Crippen LogP contribution in [-0.4, -0.2) is 11.6 Å².